The number of anilines is 2. The van der Waals surface area contributed by atoms with Crippen LogP contribution in [0.3, 0.4) is 0 Å². The largest absolute Gasteiger partial charge is 0.326 e. The Balaban J connectivity index is 1.39. The zero-order valence-electron chi connectivity index (χ0n) is 15.4. The summed E-state index contributed by atoms with van der Waals surface area (Å²) in [6.07, 6.45) is 4.74. The first-order valence-corrected chi connectivity index (χ1v) is 10.2. The van der Waals surface area contributed by atoms with Crippen molar-refractivity contribution < 1.29 is 9.59 Å². The maximum atomic E-state index is 12.6. The molecule has 1 aromatic heterocycles. The molecule has 0 radical (unpaired) electrons. The lowest BCUT2D eigenvalue weighted by atomic mass is 10.2. The first-order chi connectivity index (χ1) is 13.0. The molecule has 142 valence electrons. The standard InChI is InChI=1S/C19H23N5O2S/c1-11(18(26)21-15-7-5-14(6-8-15)20-12(2)25)27-19-23-22-17(13-3-4-13)24(19)16-9-10-16/h5-8,11,13,16H,3-4,9-10H2,1-2H3,(H,20,25)(H,21,26)/t11-/m1/s1. The number of amides is 2. The molecule has 4 rings (SSSR count). The number of aromatic nitrogens is 3. The minimum atomic E-state index is -0.284. The van der Waals surface area contributed by atoms with Gasteiger partial charge in [0.05, 0.1) is 5.25 Å². The number of thioether (sulfide) groups is 1. The number of hydrogen-bond acceptors (Lipinski definition) is 5. The van der Waals surface area contributed by atoms with Crippen LogP contribution in [0, 0.1) is 0 Å². The molecule has 8 heteroatoms. The molecule has 0 spiro atoms. The Bertz CT molecular complexity index is 855. The van der Waals surface area contributed by atoms with Gasteiger partial charge < -0.3 is 15.2 Å². The van der Waals surface area contributed by atoms with Crippen LogP contribution >= 0.6 is 11.8 Å². The Kier molecular flexibility index (Phi) is 4.90. The summed E-state index contributed by atoms with van der Waals surface area (Å²) in [6.45, 7) is 3.35. The monoisotopic (exact) mass is 385 g/mol. The summed E-state index contributed by atoms with van der Waals surface area (Å²) in [5.74, 6) is 1.45. The highest BCUT2D eigenvalue weighted by Gasteiger charge is 2.37. The molecule has 7 nitrogen and oxygen atoms in total. The Morgan fingerprint density at radius 3 is 2.26 bits per heavy atom. The van der Waals surface area contributed by atoms with Gasteiger partial charge in [-0.15, -0.1) is 10.2 Å². The highest BCUT2D eigenvalue weighted by molar-refractivity contribution is 8.00. The van der Waals surface area contributed by atoms with Gasteiger partial charge in [-0.05, 0) is 56.9 Å². The summed E-state index contributed by atoms with van der Waals surface area (Å²) >= 11 is 1.46. The highest BCUT2D eigenvalue weighted by atomic mass is 32.2. The second kappa shape index (κ2) is 7.34. The van der Waals surface area contributed by atoms with Gasteiger partial charge in [0.1, 0.15) is 5.82 Å². The SMILES string of the molecule is CC(=O)Nc1ccc(NC(=O)[C@@H](C)Sc2nnc(C3CC3)n2C2CC2)cc1. The van der Waals surface area contributed by atoms with Crippen LogP contribution in [0.25, 0.3) is 0 Å². The number of hydrogen-bond donors (Lipinski definition) is 2. The molecule has 2 aliphatic carbocycles. The lowest BCUT2D eigenvalue weighted by Crippen LogP contribution is -2.23. The van der Waals surface area contributed by atoms with Gasteiger partial charge in [-0.25, -0.2) is 0 Å². The smallest absolute Gasteiger partial charge is 0.237 e. The van der Waals surface area contributed by atoms with Crippen molar-refractivity contribution in [1.82, 2.24) is 14.8 Å². The average Bonchev–Trinajstić information content (AvgIpc) is 3.55. The normalized spacial score (nSPS) is 17.4. The molecule has 2 saturated carbocycles. The minimum absolute atomic E-state index is 0.0782. The molecule has 2 aliphatic rings. The molecule has 27 heavy (non-hydrogen) atoms. The van der Waals surface area contributed by atoms with Crippen LogP contribution in [-0.2, 0) is 9.59 Å². The topological polar surface area (TPSA) is 88.9 Å². The van der Waals surface area contributed by atoms with E-state index in [4.69, 9.17) is 0 Å². The third kappa shape index (κ3) is 4.32. The van der Waals surface area contributed by atoms with Crippen molar-refractivity contribution in [3.8, 4) is 0 Å². The first kappa shape index (κ1) is 18.0. The van der Waals surface area contributed by atoms with Crippen LogP contribution in [0.5, 0.6) is 0 Å². The van der Waals surface area contributed by atoms with Crippen molar-refractivity contribution in [2.45, 2.75) is 61.9 Å². The third-order valence-corrected chi connectivity index (χ3v) is 5.73. The Morgan fingerprint density at radius 1 is 1.07 bits per heavy atom. The van der Waals surface area contributed by atoms with E-state index in [9.17, 15) is 9.59 Å². The molecule has 1 heterocycles. The highest BCUT2D eigenvalue weighted by Crippen LogP contribution is 2.46. The van der Waals surface area contributed by atoms with E-state index in [1.807, 2.05) is 6.92 Å². The van der Waals surface area contributed by atoms with E-state index in [1.165, 1.54) is 44.4 Å². The summed E-state index contributed by atoms with van der Waals surface area (Å²) in [6, 6.07) is 7.59. The zero-order valence-corrected chi connectivity index (χ0v) is 16.3. The van der Waals surface area contributed by atoms with Crippen LogP contribution in [0.1, 0.15) is 57.3 Å². The minimum Gasteiger partial charge on any atom is -0.326 e. The predicted octanol–water partition coefficient (Wildman–Crippen LogP) is 3.57. The van der Waals surface area contributed by atoms with Crippen molar-refractivity contribution in [3.05, 3.63) is 30.1 Å². The molecule has 2 aromatic rings. The fourth-order valence-corrected chi connectivity index (χ4v) is 3.89. The summed E-state index contributed by atoms with van der Waals surface area (Å²) < 4.78 is 2.26. The van der Waals surface area contributed by atoms with E-state index in [0.29, 0.717) is 23.3 Å². The van der Waals surface area contributed by atoms with Gasteiger partial charge in [-0.2, -0.15) is 0 Å². The first-order valence-electron chi connectivity index (χ1n) is 9.31. The van der Waals surface area contributed by atoms with E-state index in [1.54, 1.807) is 24.3 Å². The number of benzene rings is 1. The quantitative estimate of drug-likeness (QED) is 0.711. The van der Waals surface area contributed by atoms with Gasteiger partial charge in [-0.1, -0.05) is 11.8 Å². The van der Waals surface area contributed by atoms with Crippen molar-refractivity contribution in [3.63, 3.8) is 0 Å². The van der Waals surface area contributed by atoms with Gasteiger partial charge in [0.2, 0.25) is 11.8 Å². The molecular weight excluding hydrogens is 362 g/mol. The number of nitrogens with zero attached hydrogens (tertiary/aromatic N) is 3. The molecule has 0 bridgehead atoms. The lowest BCUT2D eigenvalue weighted by Gasteiger charge is -2.13. The predicted molar refractivity (Wildman–Crippen MR) is 105 cm³/mol. The molecule has 1 aromatic carbocycles. The van der Waals surface area contributed by atoms with E-state index < -0.39 is 0 Å². The maximum absolute atomic E-state index is 12.6. The summed E-state index contributed by atoms with van der Waals surface area (Å²) in [4.78, 5) is 23.6. The van der Waals surface area contributed by atoms with Crippen LogP contribution in [0.4, 0.5) is 11.4 Å². The molecule has 0 aliphatic heterocycles. The number of carbonyl (C=O) groups is 2. The molecule has 0 unspecified atom stereocenters. The van der Waals surface area contributed by atoms with Gasteiger partial charge in [0.25, 0.3) is 0 Å². The van der Waals surface area contributed by atoms with Gasteiger partial charge in [0, 0.05) is 30.3 Å². The Labute approximate surface area is 162 Å². The molecule has 2 amide bonds. The van der Waals surface area contributed by atoms with Crippen molar-refractivity contribution >= 4 is 35.0 Å². The molecule has 1 atom stereocenters. The van der Waals surface area contributed by atoms with Crippen LogP contribution in [-0.4, -0.2) is 31.8 Å². The van der Waals surface area contributed by atoms with Crippen LogP contribution < -0.4 is 10.6 Å². The molecular formula is C19H23N5O2S. The number of rotatable bonds is 7. The second-order valence-electron chi connectivity index (χ2n) is 7.22. The van der Waals surface area contributed by atoms with Crippen molar-refractivity contribution in [2.24, 2.45) is 0 Å². The second-order valence-corrected chi connectivity index (χ2v) is 8.53. The van der Waals surface area contributed by atoms with E-state index >= 15 is 0 Å². The Morgan fingerprint density at radius 2 is 1.70 bits per heavy atom. The van der Waals surface area contributed by atoms with Crippen LogP contribution in [0.15, 0.2) is 29.4 Å². The van der Waals surface area contributed by atoms with E-state index in [0.717, 1.165) is 11.0 Å². The van der Waals surface area contributed by atoms with E-state index in [2.05, 4.69) is 25.4 Å². The average molecular weight is 385 g/mol. The summed E-state index contributed by atoms with van der Waals surface area (Å²) in [5.41, 5.74) is 1.40. The molecule has 2 N–H and O–H groups in total. The number of carbonyl (C=O) groups excluding carboxylic acids is 2. The third-order valence-electron chi connectivity index (χ3n) is 4.67. The van der Waals surface area contributed by atoms with Crippen LogP contribution in [0.2, 0.25) is 0 Å². The fourth-order valence-electron chi connectivity index (χ4n) is 2.96. The zero-order chi connectivity index (χ0) is 19.0. The molecule has 2 fully saturated rings. The van der Waals surface area contributed by atoms with Gasteiger partial charge in [-0.3, -0.25) is 9.59 Å². The van der Waals surface area contributed by atoms with Crippen molar-refractivity contribution in [1.29, 1.82) is 0 Å². The van der Waals surface area contributed by atoms with Crippen molar-refractivity contribution in [2.75, 3.05) is 10.6 Å². The Hall–Kier alpha value is -2.35. The summed E-state index contributed by atoms with van der Waals surface area (Å²) in [5, 5.41) is 14.9. The van der Waals surface area contributed by atoms with Gasteiger partial charge in [0.15, 0.2) is 5.16 Å². The lowest BCUT2D eigenvalue weighted by molar-refractivity contribution is -0.115. The van der Waals surface area contributed by atoms with Gasteiger partial charge >= 0.3 is 0 Å². The van der Waals surface area contributed by atoms with E-state index in [-0.39, 0.29) is 17.1 Å². The fraction of sp³-hybridized carbons (Fsp3) is 0.474. The molecule has 0 saturated heterocycles. The number of nitrogens with one attached hydrogen (secondary N) is 2. The summed E-state index contributed by atoms with van der Waals surface area (Å²) in [7, 11) is 0. The maximum Gasteiger partial charge on any atom is 0.237 e.